The smallest absolute Gasteiger partial charge is 0.0924 e. The molecule has 0 spiro atoms. The third-order valence-electron chi connectivity index (χ3n) is 1.95. The van der Waals surface area contributed by atoms with Gasteiger partial charge < -0.3 is 9.55 Å². The number of H-pyrrole nitrogens is 1. The molecular formula is C10H11N3. The third-order valence-corrected chi connectivity index (χ3v) is 1.95. The number of nitrogens with zero attached hydrogens (tertiary/aromatic N) is 2. The van der Waals surface area contributed by atoms with Crippen LogP contribution < -0.4 is 0 Å². The Hall–Kier alpha value is -1.77. The topological polar surface area (TPSA) is 33.6 Å². The van der Waals surface area contributed by atoms with Crippen LogP contribution >= 0.6 is 0 Å². The minimum Gasteiger partial charge on any atom is -0.348 e. The molecule has 0 aliphatic rings. The van der Waals surface area contributed by atoms with Crippen LogP contribution in [0.25, 0.3) is 11.0 Å². The van der Waals surface area contributed by atoms with Gasteiger partial charge in [0.15, 0.2) is 0 Å². The van der Waals surface area contributed by atoms with Crippen molar-refractivity contribution in [3.63, 3.8) is 0 Å². The normalized spacial score (nSPS) is 9.92. The number of aromatic amines is 1. The van der Waals surface area contributed by atoms with Gasteiger partial charge in [0.05, 0.1) is 17.4 Å². The lowest BCUT2D eigenvalue weighted by Crippen LogP contribution is -1.90. The monoisotopic (exact) mass is 173 g/mol. The van der Waals surface area contributed by atoms with Gasteiger partial charge in [0.1, 0.15) is 0 Å². The molecule has 3 heteroatoms. The first kappa shape index (κ1) is 7.86. The van der Waals surface area contributed by atoms with Crippen molar-refractivity contribution in [3.05, 3.63) is 43.0 Å². The van der Waals surface area contributed by atoms with E-state index >= 15 is 0 Å². The Balaban J connectivity index is 2.91. The highest BCUT2D eigenvalue weighted by Crippen LogP contribution is 2.06. The first-order valence-electron chi connectivity index (χ1n) is 4.14. The summed E-state index contributed by atoms with van der Waals surface area (Å²) >= 11 is 0. The lowest BCUT2D eigenvalue weighted by molar-refractivity contribution is 0.942. The summed E-state index contributed by atoms with van der Waals surface area (Å²) in [7, 11) is 2.00. The maximum atomic E-state index is 4.02. The van der Waals surface area contributed by atoms with E-state index in [4.69, 9.17) is 0 Å². The van der Waals surface area contributed by atoms with Crippen LogP contribution in [0.15, 0.2) is 43.0 Å². The van der Waals surface area contributed by atoms with Crippen molar-refractivity contribution in [3.8, 4) is 0 Å². The molecule has 1 N–H and O–H groups in total. The molecule has 1 aromatic carbocycles. The summed E-state index contributed by atoms with van der Waals surface area (Å²) in [4.78, 5) is 7.13. The number of benzene rings is 1. The van der Waals surface area contributed by atoms with Crippen LogP contribution in [0.1, 0.15) is 0 Å². The number of para-hydroxylation sites is 2. The molecule has 2 aromatic rings. The first-order valence-corrected chi connectivity index (χ1v) is 4.14. The standard InChI is InChI=1S/C10H11N3/c1-13-7-6-11-8-12-9-4-2-3-5-10(9)13/h2-8H,1H3,(H,11,12). The van der Waals surface area contributed by atoms with Crippen molar-refractivity contribution >= 4 is 11.0 Å². The van der Waals surface area contributed by atoms with Crippen LogP contribution in [0.3, 0.4) is 0 Å². The molecule has 13 heavy (non-hydrogen) atoms. The number of aromatic nitrogens is 3. The average molecular weight is 173 g/mol. The van der Waals surface area contributed by atoms with Crippen molar-refractivity contribution in [1.29, 1.82) is 0 Å². The molecular weight excluding hydrogens is 162 g/mol. The Labute approximate surface area is 76.4 Å². The molecule has 1 aromatic heterocycles. The summed E-state index contributed by atoms with van der Waals surface area (Å²) in [6, 6.07) is 8.10. The van der Waals surface area contributed by atoms with Gasteiger partial charge in [0.2, 0.25) is 0 Å². The van der Waals surface area contributed by atoms with Gasteiger partial charge in [-0.25, -0.2) is 4.98 Å². The molecule has 0 radical (unpaired) electrons. The first-order chi connectivity index (χ1) is 6.38. The minimum absolute atomic E-state index is 1.07. The molecule has 0 saturated carbocycles. The SMILES string of the molecule is Cn1ccnc[nH]c2ccccc21. The number of fused-ring (bicyclic) bond motifs is 1. The van der Waals surface area contributed by atoms with E-state index in [-0.39, 0.29) is 0 Å². The van der Waals surface area contributed by atoms with Crippen LogP contribution in [-0.4, -0.2) is 14.5 Å². The number of nitrogens with one attached hydrogen (secondary N) is 1. The predicted molar refractivity (Wildman–Crippen MR) is 52.7 cm³/mol. The Morgan fingerprint density at radius 1 is 1.31 bits per heavy atom. The van der Waals surface area contributed by atoms with Crippen molar-refractivity contribution < 1.29 is 0 Å². The van der Waals surface area contributed by atoms with Crippen LogP contribution in [0.4, 0.5) is 0 Å². The third kappa shape index (κ3) is 1.54. The van der Waals surface area contributed by atoms with E-state index in [0.717, 1.165) is 11.0 Å². The lowest BCUT2D eigenvalue weighted by atomic mass is 10.3. The molecule has 3 nitrogen and oxygen atoms in total. The van der Waals surface area contributed by atoms with Gasteiger partial charge >= 0.3 is 0 Å². The highest BCUT2D eigenvalue weighted by Gasteiger charge is 1.88. The van der Waals surface area contributed by atoms with E-state index in [1.807, 2.05) is 36.0 Å². The van der Waals surface area contributed by atoms with Gasteiger partial charge in [0.25, 0.3) is 0 Å². The molecule has 0 aliphatic heterocycles. The Morgan fingerprint density at radius 2 is 2.15 bits per heavy atom. The maximum Gasteiger partial charge on any atom is 0.0924 e. The second-order valence-electron chi connectivity index (χ2n) is 2.85. The van der Waals surface area contributed by atoms with E-state index in [0.29, 0.717) is 0 Å². The van der Waals surface area contributed by atoms with Crippen LogP contribution in [0.2, 0.25) is 0 Å². The van der Waals surface area contributed by atoms with Gasteiger partial charge in [-0.15, -0.1) is 0 Å². The molecule has 0 atom stereocenters. The molecule has 2 rings (SSSR count). The van der Waals surface area contributed by atoms with Crippen LogP contribution in [0, 0.1) is 0 Å². The maximum absolute atomic E-state index is 4.02. The fourth-order valence-electron chi connectivity index (χ4n) is 1.27. The fraction of sp³-hybridized carbons (Fsp3) is 0.100. The lowest BCUT2D eigenvalue weighted by Gasteiger charge is -2.00. The van der Waals surface area contributed by atoms with E-state index in [9.17, 15) is 0 Å². The highest BCUT2D eigenvalue weighted by molar-refractivity contribution is 5.73. The molecule has 0 saturated heterocycles. The summed E-state index contributed by atoms with van der Waals surface area (Å²) < 4.78 is 2.03. The predicted octanol–water partition coefficient (Wildman–Crippen LogP) is 2.03. The number of aryl methyl sites for hydroxylation is 1. The van der Waals surface area contributed by atoms with Crippen molar-refractivity contribution in [2.75, 3.05) is 0 Å². The molecule has 0 aliphatic carbocycles. The summed E-state index contributed by atoms with van der Waals surface area (Å²) in [6.07, 6.45) is 5.36. The highest BCUT2D eigenvalue weighted by atomic mass is 14.9. The van der Waals surface area contributed by atoms with Crippen LogP contribution in [-0.2, 0) is 7.05 Å². The largest absolute Gasteiger partial charge is 0.348 e. The van der Waals surface area contributed by atoms with Gasteiger partial charge in [-0.3, -0.25) is 0 Å². The molecule has 0 bridgehead atoms. The fourth-order valence-corrected chi connectivity index (χ4v) is 1.27. The van der Waals surface area contributed by atoms with E-state index in [1.165, 1.54) is 0 Å². The van der Waals surface area contributed by atoms with Gasteiger partial charge in [-0.1, -0.05) is 12.1 Å². The molecule has 1 heterocycles. The number of hydrogen-bond acceptors (Lipinski definition) is 1. The minimum atomic E-state index is 1.07. The summed E-state index contributed by atoms with van der Waals surface area (Å²) in [5.41, 5.74) is 2.21. The van der Waals surface area contributed by atoms with Gasteiger partial charge in [-0.05, 0) is 12.1 Å². The molecule has 0 unspecified atom stereocenters. The Kier molecular flexibility index (Phi) is 2.00. The van der Waals surface area contributed by atoms with Crippen molar-refractivity contribution in [2.45, 2.75) is 0 Å². The quantitative estimate of drug-likeness (QED) is 0.649. The van der Waals surface area contributed by atoms with E-state index < -0.39 is 0 Å². The summed E-state index contributed by atoms with van der Waals surface area (Å²) in [6.45, 7) is 0. The number of rotatable bonds is 0. The number of hydrogen-bond donors (Lipinski definition) is 1. The Bertz CT molecular complexity index is 452. The van der Waals surface area contributed by atoms with E-state index in [2.05, 4.69) is 16.0 Å². The summed E-state index contributed by atoms with van der Waals surface area (Å²) in [5, 5.41) is 0. The zero-order chi connectivity index (χ0) is 9.10. The zero-order valence-electron chi connectivity index (χ0n) is 7.44. The van der Waals surface area contributed by atoms with Crippen molar-refractivity contribution in [2.24, 2.45) is 7.05 Å². The molecule has 0 amide bonds. The molecule has 0 fully saturated rings. The Morgan fingerprint density at radius 3 is 3.08 bits per heavy atom. The zero-order valence-corrected chi connectivity index (χ0v) is 7.44. The second kappa shape index (κ2) is 3.31. The second-order valence-corrected chi connectivity index (χ2v) is 2.85. The molecule has 66 valence electrons. The average Bonchev–Trinajstić information content (AvgIpc) is 2.14. The summed E-state index contributed by atoms with van der Waals surface area (Å²) in [5.74, 6) is 0. The van der Waals surface area contributed by atoms with Gasteiger partial charge in [-0.2, -0.15) is 0 Å². The van der Waals surface area contributed by atoms with Crippen molar-refractivity contribution in [1.82, 2.24) is 14.5 Å². The van der Waals surface area contributed by atoms with Gasteiger partial charge in [0, 0.05) is 19.4 Å². The van der Waals surface area contributed by atoms with E-state index in [1.54, 1.807) is 12.5 Å². The van der Waals surface area contributed by atoms with Crippen LogP contribution in [0.5, 0.6) is 0 Å².